The SMILES string of the molecule is C=C(Nc1cc(C(=C)C)ccc1CCCC)/C(C)=C/C=C\C. The smallest absolute Gasteiger partial charge is 0.0422 e. The number of benzene rings is 1. The Balaban J connectivity index is 3.05. The van der Waals surface area contributed by atoms with Crippen molar-refractivity contribution in [1.82, 2.24) is 0 Å². The third-order valence-electron chi connectivity index (χ3n) is 3.70. The number of unbranched alkanes of at least 4 members (excludes halogenated alkanes) is 1. The van der Waals surface area contributed by atoms with Crippen LogP contribution in [0.1, 0.15) is 51.7 Å². The number of hydrogen-bond donors (Lipinski definition) is 1. The average molecular weight is 295 g/mol. The Kier molecular flexibility index (Phi) is 7.45. The zero-order chi connectivity index (χ0) is 16.5. The maximum Gasteiger partial charge on any atom is 0.0422 e. The van der Waals surface area contributed by atoms with E-state index in [4.69, 9.17) is 0 Å². The van der Waals surface area contributed by atoms with E-state index in [1.165, 1.54) is 24.0 Å². The van der Waals surface area contributed by atoms with Gasteiger partial charge >= 0.3 is 0 Å². The Bertz CT molecular complexity index is 588. The van der Waals surface area contributed by atoms with E-state index in [9.17, 15) is 0 Å². The van der Waals surface area contributed by atoms with Gasteiger partial charge < -0.3 is 5.32 Å². The summed E-state index contributed by atoms with van der Waals surface area (Å²) in [5.41, 5.74) is 6.82. The summed E-state index contributed by atoms with van der Waals surface area (Å²) in [6.07, 6.45) is 9.60. The molecule has 0 aliphatic rings. The van der Waals surface area contributed by atoms with Crippen LogP contribution in [0.15, 0.2) is 60.9 Å². The largest absolute Gasteiger partial charge is 0.356 e. The molecule has 1 heteroatoms. The molecule has 0 atom stereocenters. The first-order valence-electron chi connectivity index (χ1n) is 8.04. The van der Waals surface area contributed by atoms with Crippen LogP contribution in [0.2, 0.25) is 0 Å². The van der Waals surface area contributed by atoms with Gasteiger partial charge in [-0.2, -0.15) is 0 Å². The quantitative estimate of drug-likeness (QED) is 0.539. The molecule has 0 amide bonds. The Morgan fingerprint density at radius 2 is 1.95 bits per heavy atom. The molecule has 1 aromatic rings. The number of aryl methyl sites for hydroxylation is 1. The van der Waals surface area contributed by atoms with Crippen LogP contribution in [-0.2, 0) is 6.42 Å². The van der Waals surface area contributed by atoms with Gasteiger partial charge in [0.25, 0.3) is 0 Å². The Labute approximate surface area is 136 Å². The summed E-state index contributed by atoms with van der Waals surface area (Å²) < 4.78 is 0. The summed E-state index contributed by atoms with van der Waals surface area (Å²) in [7, 11) is 0. The Hall–Kier alpha value is -2.02. The van der Waals surface area contributed by atoms with Gasteiger partial charge in [0.15, 0.2) is 0 Å². The van der Waals surface area contributed by atoms with Gasteiger partial charge in [-0.25, -0.2) is 0 Å². The van der Waals surface area contributed by atoms with E-state index in [1.54, 1.807) is 0 Å². The number of nitrogens with one attached hydrogen (secondary N) is 1. The maximum absolute atomic E-state index is 4.16. The van der Waals surface area contributed by atoms with Crippen molar-refractivity contribution < 1.29 is 0 Å². The van der Waals surface area contributed by atoms with Crippen LogP contribution in [0, 0.1) is 0 Å². The molecule has 0 unspecified atom stereocenters. The monoisotopic (exact) mass is 295 g/mol. The maximum atomic E-state index is 4.16. The van der Waals surface area contributed by atoms with Gasteiger partial charge in [0, 0.05) is 11.4 Å². The number of anilines is 1. The minimum atomic E-state index is 0.940. The van der Waals surface area contributed by atoms with Crippen molar-refractivity contribution in [1.29, 1.82) is 0 Å². The van der Waals surface area contributed by atoms with Crippen LogP contribution in [0.4, 0.5) is 5.69 Å². The van der Waals surface area contributed by atoms with Crippen LogP contribution >= 0.6 is 0 Å². The zero-order valence-corrected chi connectivity index (χ0v) is 14.5. The molecule has 0 bridgehead atoms. The van der Waals surface area contributed by atoms with Gasteiger partial charge in [0.1, 0.15) is 0 Å². The molecule has 118 valence electrons. The van der Waals surface area contributed by atoms with Crippen molar-refractivity contribution in [2.75, 3.05) is 5.32 Å². The van der Waals surface area contributed by atoms with Crippen molar-refractivity contribution in [3.63, 3.8) is 0 Å². The van der Waals surface area contributed by atoms with E-state index in [1.807, 2.05) is 26.0 Å². The van der Waals surface area contributed by atoms with E-state index >= 15 is 0 Å². The second-order valence-corrected chi connectivity index (χ2v) is 5.73. The van der Waals surface area contributed by atoms with E-state index < -0.39 is 0 Å². The van der Waals surface area contributed by atoms with Crippen LogP contribution in [0.3, 0.4) is 0 Å². The lowest BCUT2D eigenvalue weighted by Crippen LogP contribution is -2.03. The summed E-state index contributed by atoms with van der Waals surface area (Å²) in [4.78, 5) is 0. The third kappa shape index (κ3) is 5.40. The predicted octanol–water partition coefficient (Wildman–Crippen LogP) is 6.51. The molecule has 22 heavy (non-hydrogen) atoms. The molecule has 0 fully saturated rings. The molecule has 0 aromatic heterocycles. The van der Waals surface area contributed by atoms with Crippen molar-refractivity contribution >= 4 is 11.3 Å². The lowest BCUT2D eigenvalue weighted by molar-refractivity contribution is 0.796. The average Bonchev–Trinajstić information content (AvgIpc) is 2.50. The van der Waals surface area contributed by atoms with Gasteiger partial charge in [0.2, 0.25) is 0 Å². The van der Waals surface area contributed by atoms with E-state index in [2.05, 4.69) is 56.6 Å². The van der Waals surface area contributed by atoms with Crippen LogP contribution in [-0.4, -0.2) is 0 Å². The molecule has 0 saturated heterocycles. The highest BCUT2D eigenvalue weighted by atomic mass is 14.9. The summed E-state index contributed by atoms with van der Waals surface area (Å²) in [6.45, 7) is 16.6. The fourth-order valence-electron chi connectivity index (χ4n) is 2.15. The summed E-state index contributed by atoms with van der Waals surface area (Å²) in [5.74, 6) is 0. The van der Waals surface area contributed by atoms with E-state index in [0.717, 1.165) is 29.0 Å². The fourth-order valence-corrected chi connectivity index (χ4v) is 2.15. The molecule has 0 saturated carbocycles. The third-order valence-corrected chi connectivity index (χ3v) is 3.70. The first kappa shape index (κ1) is 18.0. The van der Waals surface area contributed by atoms with Crippen molar-refractivity contribution in [2.24, 2.45) is 0 Å². The highest BCUT2D eigenvalue weighted by Gasteiger charge is 2.06. The van der Waals surface area contributed by atoms with Gasteiger partial charge in [-0.1, -0.05) is 62.4 Å². The van der Waals surface area contributed by atoms with Gasteiger partial charge in [-0.05, 0) is 56.4 Å². The van der Waals surface area contributed by atoms with Crippen molar-refractivity contribution in [3.8, 4) is 0 Å². The molecular formula is C21H29N. The minimum Gasteiger partial charge on any atom is -0.356 e. The summed E-state index contributed by atoms with van der Waals surface area (Å²) >= 11 is 0. The summed E-state index contributed by atoms with van der Waals surface area (Å²) in [6, 6.07) is 6.55. The second kappa shape index (κ2) is 9.09. The zero-order valence-electron chi connectivity index (χ0n) is 14.5. The van der Waals surface area contributed by atoms with Gasteiger partial charge in [-0.15, -0.1) is 0 Å². The molecule has 1 rings (SSSR count). The topological polar surface area (TPSA) is 12.0 Å². The molecule has 1 nitrogen and oxygen atoms in total. The highest BCUT2D eigenvalue weighted by Crippen LogP contribution is 2.25. The molecular weight excluding hydrogens is 266 g/mol. The minimum absolute atomic E-state index is 0.940. The van der Waals surface area contributed by atoms with Crippen molar-refractivity contribution in [3.05, 3.63) is 72.0 Å². The Morgan fingerprint density at radius 1 is 1.23 bits per heavy atom. The highest BCUT2D eigenvalue weighted by molar-refractivity contribution is 5.69. The summed E-state index contributed by atoms with van der Waals surface area (Å²) in [5, 5.41) is 3.49. The predicted molar refractivity (Wildman–Crippen MR) is 101 cm³/mol. The molecule has 0 heterocycles. The second-order valence-electron chi connectivity index (χ2n) is 5.73. The molecule has 0 spiro atoms. The van der Waals surface area contributed by atoms with Crippen LogP contribution in [0.25, 0.3) is 5.57 Å². The first-order chi connectivity index (χ1) is 10.5. The molecule has 1 aromatic carbocycles. The van der Waals surface area contributed by atoms with Gasteiger partial charge in [-0.3, -0.25) is 0 Å². The van der Waals surface area contributed by atoms with Gasteiger partial charge in [0.05, 0.1) is 0 Å². The molecule has 0 aliphatic carbocycles. The molecule has 0 aliphatic heterocycles. The fraction of sp³-hybridized carbons (Fsp3) is 0.333. The lowest BCUT2D eigenvalue weighted by atomic mass is 10.0. The first-order valence-corrected chi connectivity index (χ1v) is 8.04. The number of hydrogen-bond acceptors (Lipinski definition) is 1. The normalized spacial score (nSPS) is 11.7. The number of rotatable bonds is 8. The Morgan fingerprint density at radius 3 is 2.55 bits per heavy atom. The molecule has 1 N–H and O–H groups in total. The van der Waals surface area contributed by atoms with Crippen LogP contribution < -0.4 is 5.32 Å². The van der Waals surface area contributed by atoms with Crippen LogP contribution in [0.5, 0.6) is 0 Å². The number of allylic oxidation sites excluding steroid dienone is 5. The van der Waals surface area contributed by atoms with Crippen molar-refractivity contribution in [2.45, 2.75) is 47.0 Å². The lowest BCUT2D eigenvalue weighted by Gasteiger charge is -2.16. The van der Waals surface area contributed by atoms with E-state index in [0.29, 0.717) is 0 Å². The standard InChI is InChI=1S/C21H29N/c1-7-9-11-17(5)18(6)22-21-15-20(16(3)4)14-13-19(21)12-10-8-2/h7,9,11,13-15,22H,3,6,8,10,12H2,1-2,4-5H3/b9-7-,17-11+. The molecule has 0 radical (unpaired) electrons. The van der Waals surface area contributed by atoms with E-state index in [-0.39, 0.29) is 0 Å².